The molecule has 16 heavy (non-hydrogen) atoms. The lowest BCUT2D eigenvalue weighted by Crippen LogP contribution is -2.21. The molecule has 1 aromatic rings. The molecule has 0 fully saturated rings. The van der Waals surface area contributed by atoms with Crippen molar-refractivity contribution in [2.24, 2.45) is 0 Å². The third kappa shape index (κ3) is 3.62. The molecule has 0 aliphatic rings. The van der Waals surface area contributed by atoms with Crippen LogP contribution in [0.3, 0.4) is 0 Å². The molecule has 0 amide bonds. The third-order valence-electron chi connectivity index (χ3n) is 2.32. The van der Waals surface area contributed by atoms with Gasteiger partial charge in [-0.2, -0.15) is 17.0 Å². The number of benzene rings is 1. The first-order chi connectivity index (χ1) is 7.71. The molecule has 1 aromatic carbocycles. The minimum Gasteiger partial charge on any atom is -0.380 e. The topological polar surface area (TPSA) is 35.8 Å². The Morgan fingerprint density at radius 2 is 2.31 bits per heavy atom. The summed E-state index contributed by atoms with van der Waals surface area (Å²) in [7, 11) is 0. The van der Waals surface area contributed by atoms with Crippen molar-refractivity contribution in [1.29, 1.82) is 5.26 Å². The standard InChI is InChI=1S/C12H15ClN2S/c1-3-10(8-16-2)15-12-5-4-9(7-14)6-11(12)13/h4-6,10,15H,3,8H2,1-2H3. The first-order valence-electron chi connectivity index (χ1n) is 5.16. The molecule has 1 atom stereocenters. The zero-order chi connectivity index (χ0) is 12.0. The average Bonchev–Trinajstić information content (AvgIpc) is 2.30. The summed E-state index contributed by atoms with van der Waals surface area (Å²) in [6.07, 6.45) is 3.14. The minimum absolute atomic E-state index is 0.417. The number of anilines is 1. The summed E-state index contributed by atoms with van der Waals surface area (Å²) in [4.78, 5) is 0. The molecule has 1 rings (SSSR count). The van der Waals surface area contributed by atoms with Crippen LogP contribution in [-0.2, 0) is 0 Å². The first kappa shape index (κ1) is 13.2. The van der Waals surface area contributed by atoms with Crippen molar-refractivity contribution in [3.05, 3.63) is 28.8 Å². The van der Waals surface area contributed by atoms with Crippen molar-refractivity contribution in [3.63, 3.8) is 0 Å². The van der Waals surface area contributed by atoms with E-state index >= 15 is 0 Å². The van der Waals surface area contributed by atoms with E-state index in [1.807, 2.05) is 17.8 Å². The van der Waals surface area contributed by atoms with Gasteiger partial charge in [-0.25, -0.2) is 0 Å². The maximum absolute atomic E-state index is 8.73. The summed E-state index contributed by atoms with van der Waals surface area (Å²) in [6.45, 7) is 2.14. The fourth-order valence-corrected chi connectivity index (χ4v) is 2.34. The van der Waals surface area contributed by atoms with Gasteiger partial charge in [0.05, 0.1) is 22.3 Å². The Morgan fingerprint density at radius 3 is 2.81 bits per heavy atom. The van der Waals surface area contributed by atoms with E-state index in [9.17, 15) is 0 Å². The maximum Gasteiger partial charge on any atom is 0.0992 e. The van der Waals surface area contributed by atoms with E-state index in [0.717, 1.165) is 17.9 Å². The lowest BCUT2D eigenvalue weighted by atomic mass is 10.2. The lowest BCUT2D eigenvalue weighted by Gasteiger charge is -2.18. The number of thioether (sulfide) groups is 1. The highest BCUT2D eigenvalue weighted by Gasteiger charge is 2.08. The monoisotopic (exact) mass is 254 g/mol. The van der Waals surface area contributed by atoms with Crippen LogP contribution in [0.4, 0.5) is 5.69 Å². The van der Waals surface area contributed by atoms with Crippen molar-refractivity contribution in [2.75, 3.05) is 17.3 Å². The van der Waals surface area contributed by atoms with Gasteiger partial charge in [0.25, 0.3) is 0 Å². The molecule has 0 aromatic heterocycles. The zero-order valence-electron chi connectivity index (χ0n) is 9.46. The number of nitrogens with zero attached hydrogens (tertiary/aromatic N) is 1. The van der Waals surface area contributed by atoms with Crippen LogP contribution in [0.25, 0.3) is 0 Å². The van der Waals surface area contributed by atoms with Gasteiger partial charge < -0.3 is 5.32 Å². The van der Waals surface area contributed by atoms with E-state index in [-0.39, 0.29) is 0 Å². The Morgan fingerprint density at radius 1 is 1.56 bits per heavy atom. The van der Waals surface area contributed by atoms with Gasteiger partial charge in [-0.05, 0) is 30.9 Å². The van der Waals surface area contributed by atoms with Gasteiger partial charge >= 0.3 is 0 Å². The van der Waals surface area contributed by atoms with Crippen molar-refractivity contribution in [2.45, 2.75) is 19.4 Å². The molecule has 0 bridgehead atoms. The Hall–Kier alpha value is -0.850. The number of hydrogen-bond acceptors (Lipinski definition) is 3. The Kier molecular flexibility index (Phi) is 5.51. The SMILES string of the molecule is CCC(CSC)Nc1ccc(C#N)cc1Cl. The van der Waals surface area contributed by atoms with Crippen molar-refractivity contribution in [1.82, 2.24) is 0 Å². The predicted octanol–water partition coefficient (Wildman–Crippen LogP) is 3.77. The summed E-state index contributed by atoms with van der Waals surface area (Å²) < 4.78 is 0. The molecule has 4 heteroatoms. The molecule has 1 N–H and O–H groups in total. The van der Waals surface area contributed by atoms with Crippen molar-refractivity contribution >= 4 is 29.1 Å². The summed E-state index contributed by atoms with van der Waals surface area (Å²) in [6, 6.07) is 7.82. The van der Waals surface area contributed by atoms with Crippen molar-refractivity contribution < 1.29 is 0 Å². The largest absolute Gasteiger partial charge is 0.380 e. The van der Waals surface area contributed by atoms with Crippen LogP contribution in [0.1, 0.15) is 18.9 Å². The number of rotatable bonds is 5. The molecule has 0 aliphatic carbocycles. The Labute approximate surface area is 106 Å². The van der Waals surface area contributed by atoms with E-state index in [1.54, 1.807) is 12.1 Å². The third-order valence-corrected chi connectivity index (χ3v) is 3.37. The fourth-order valence-electron chi connectivity index (χ4n) is 1.38. The van der Waals surface area contributed by atoms with Crippen LogP contribution in [0.5, 0.6) is 0 Å². The maximum atomic E-state index is 8.73. The van der Waals surface area contributed by atoms with E-state index in [0.29, 0.717) is 16.6 Å². The highest BCUT2D eigenvalue weighted by Crippen LogP contribution is 2.24. The second kappa shape index (κ2) is 6.67. The molecule has 0 aliphatic heterocycles. The second-order valence-electron chi connectivity index (χ2n) is 3.51. The van der Waals surface area contributed by atoms with Gasteiger partial charge in [0.1, 0.15) is 0 Å². The summed E-state index contributed by atoms with van der Waals surface area (Å²) in [5.74, 6) is 1.05. The fraction of sp³-hybridized carbons (Fsp3) is 0.417. The van der Waals surface area contributed by atoms with Crippen LogP contribution in [0, 0.1) is 11.3 Å². The smallest absolute Gasteiger partial charge is 0.0992 e. The molecule has 0 saturated carbocycles. The van der Waals surface area contributed by atoms with E-state index in [1.165, 1.54) is 0 Å². The minimum atomic E-state index is 0.417. The van der Waals surface area contributed by atoms with Crippen molar-refractivity contribution in [3.8, 4) is 6.07 Å². The molecule has 0 saturated heterocycles. The van der Waals surface area contributed by atoms with Crippen LogP contribution < -0.4 is 5.32 Å². The Bertz CT molecular complexity index is 387. The average molecular weight is 255 g/mol. The van der Waals surface area contributed by atoms with E-state index < -0.39 is 0 Å². The van der Waals surface area contributed by atoms with Gasteiger partial charge in [-0.15, -0.1) is 0 Å². The van der Waals surface area contributed by atoms with Crippen LogP contribution >= 0.6 is 23.4 Å². The lowest BCUT2D eigenvalue weighted by molar-refractivity contribution is 0.775. The van der Waals surface area contributed by atoms with Crippen LogP contribution in [-0.4, -0.2) is 18.1 Å². The normalized spacial score (nSPS) is 11.9. The number of nitriles is 1. The molecule has 0 radical (unpaired) electrons. The molecular formula is C12H15ClN2S. The first-order valence-corrected chi connectivity index (χ1v) is 6.93. The van der Waals surface area contributed by atoms with Gasteiger partial charge in [0.15, 0.2) is 0 Å². The molecule has 86 valence electrons. The highest BCUT2D eigenvalue weighted by molar-refractivity contribution is 7.98. The highest BCUT2D eigenvalue weighted by atomic mass is 35.5. The molecule has 0 heterocycles. The summed E-state index contributed by atoms with van der Waals surface area (Å²) >= 11 is 7.90. The summed E-state index contributed by atoms with van der Waals surface area (Å²) in [5.41, 5.74) is 1.50. The molecule has 1 unspecified atom stereocenters. The van der Waals surface area contributed by atoms with Gasteiger partial charge in [-0.3, -0.25) is 0 Å². The molecule has 2 nitrogen and oxygen atoms in total. The number of halogens is 1. The Balaban J connectivity index is 2.77. The number of nitrogens with one attached hydrogen (secondary N) is 1. The molecular weight excluding hydrogens is 240 g/mol. The predicted molar refractivity (Wildman–Crippen MR) is 72.3 cm³/mol. The quantitative estimate of drug-likeness (QED) is 0.869. The van der Waals surface area contributed by atoms with E-state index in [2.05, 4.69) is 24.6 Å². The zero-order valence-corrected chi connectivity index (χ0v) is 11.0. The number of hydrogen-bond donors (Lipinski definition) is 1. The van der Waals surface area contributed by atoms with E-state index in [4.69, 9.17) is 16.9 Å². The van der Waals surface area contributed by atoms with Gasteiger partial charge in [0, 0.05) is 11.8 Å². The van der Waals surface area contributed by atoms with Crippen LogP contribution in [0.15, 0.2) is 18.2 Å². The second-order valence-corrected chi connectivity index (χ2v) is 4.83. The summed E-state index contributed by atoms with van der Waals surface area (Å²) in [5, 5.41) is 12.7. The van der Waals surface area contributed by atoms with Gasteiger partial charge in [-0.1, -0.05) is 18.5 Å². The van der Waals surface area contributed by atoms with Gasteiger partial charge in [0.2, 0.25) is 0 Å². The molecule has 0 spiro atoms. The van der Waals surface area contributed by atoms with Crippen LogP contribution in [0.2, 0.25) is 5.02 Å².